The van der Waals surface area contributed by atoms with E-state index < -0.39 is 18.0 Å². The summed E-state index contributed by atoms with van der Waals surface area (Å²) in [7, 11) is 0. The number of imide groups is 1. The second-order valence-electron chi connectivity index (χ2n) is 3.43. The Balaban J connectivity index is 2.23. The van der Waals surface area contributed by atoms with Crippen molar-refractivity contribution in [3.63, 3.8) is 0 Å². The van der Waals surface area contributed by atoms with E-state index in [4.69, 9.17) is 4.74 Å². The number of carbonyl (C=O) groups excluding carboxylic acids is 3. The zero-order valence-corrected chi connectivity index (χ0v) is 9.13. The Morgan fingerprint density at radius 1 is 1.31 bits per heavy atom. The van der Waals surface area contributed by atoms with Gasteiger partial charge in [-0.25, -0.2) is 4.79 Å². The van der Waals surface area contributed by atoms with Crippen molar-refractivity contribution in [3.05, 3.63) is 12.2 Å². The van der Waals surface area contributed by atoms with Gasteiger partial charge in [-0.3, -0.25) is 14.5 Å². The maximum Gasteiger partial charge on any atom is 0.508 e. The minimum atomic E-state index is -0.804. The molecule has 88 valence electrons. The summed E-state index contributed by atoms with van der Waals surface area (Å²) in [5.41, 5.74) is 0. The minimum Gasteiger partial charge on any atom is -0.432 e. The van der Waals surface area contributed by atoms with Crippen LogP contribution in [0, 0.1) is 0 Å². The average molecular weight is 227 g/mol. The molecule has 1 heterocycles. The van der Waals surface area contributed by atoms with Gasteiger partial charge in [-0.15, -0.1) is 0 Å². The van der Waals surface area contributed by atoms with E-state index in [1.165, 1.54) is 12.2 Å². The highest BCUT2D eigenvalue weighted by molar-refractivity contribution is 6.12. The highest BCUT2D eigenvalue weighted by Gasteiger charge is 2.23. The van der Waals surface area contributed by atoms with Gasteiger partial charge in [0.25, 0.3) is 11.8 Å². The Bertz CT molecular complexity index is 316. The van der Waals surface area contributed by atoms with Crippen molar-refractivity contribution in [2.45, 2.75) is 20.0 Å². The van der Waals surface area contributed by atoms with Crippen LogP contribution in [0.2, 0.25) is 0 Å². The summed E-state index contributed by atoms with van der Waals surface area (Å²) in [4.78, 5) is 34.1. The lowest BCUT2D eigenvalue weighted by Gasteiger charge is -2.14. The second kappa shape index (κ2) is 5.29. The molecule has 1 rings (SSSR count). The zero-order chi connectivity index (χ0) is 12.1. The fourth-order valence-electron chi connectivity index (χ4n) is 1.10. The van der Waals surface area contributed by atoms with Crippen LogP contribution in [-0.4, -0.2) is 42.1 Å². The molecule has 0 spiro atoms. The normalized spacial score (nSPS) is 14.8. The first-order valence-electron chi connectivity index (χ1n) is 4.87. The van der Waals surface area contributed by atoms with Crippen LogP contribution in [0.3, 0.4) is 0 Å². The highest BCUT2D eigenvalue weighted by atomic mass is 16.7. The fourth-order valence-corrected chi connectivity index (χ4v) is 1.10. The largest absolute Gasteiger partial charge is 0.508 e. The molecular weight excluding hydrogens is 214 g/mol. The third-order valence-electron chi connectivity index (χ3n) is 1.77. The summed E-state index contributed by atoms with van der Waals surface area (Å²) in [5, 5.41) is 0. The monoisotopic (exact) mass is 227 g/mol. The predicted molar refractivity (Wildman–Crippen MR) is 53.4 cm³/mol. The van der Waals surface area contributed by atoms with Crippen molar-refractivity contribution in [1.29, 1.82) is 0 Å². The zero-order valence-electron chi connectivity index (χ0n) is 9.13. The Hall–Kier alpha value is -1.85. The molecule has 0 saturated carbocycles. The van der Waals surface area contributed by atoms with Crippen LogP contribution in [0.4, 0.5) is 4.79 Å². The lowest BCUT2D eigenvalue weighted by molar-refractivity contribution is -0.137. The number of rotatable bonds is 4. The van der Waals surface area contributed by atoms with Crippen LogP contribution in [0.5, 0.6) is 0 Å². The van der Waals surface area contributed by atoms with Crippen LogP contribution >= 0.6 is 0 Å². The van der Waals surface area contributed by atoms with Gasteiger partial charge >= 0.3 is 6.16 Å². The van der Waals surface area contributed by atoms with Gasteiger partial charge in [0.15, 0.2) is 0 Å². The summed E-state index contributed by atoms with van der Waals surface area (Å²) in [6.45, 7) is 3.36. The molecule has 0 saturated heterocycles. The smallest absolute Gasteiger partial charge is 0.432 e. The molecule has 1 aliphatic rings. The summed E-state index contributed by atoms with van der Waals surface area (Å²) in [6, 6.07) is 0. The molecule has 0 atom stereocenters. The van der Waals surface area contributed by atoms with Crippen molar-refractivity contribution in [1.82, 2.24) is 4.90 Å². The number of amides is 2. The molecule has 0 aromatic carbocycles. The van der Waals surface area contributed by atoms with E-state index in [0.717, 1.165) is 4.90 Å². The third kappa shape index (κ3) is 3.38. The lowest BCUT2D eigenvalue weighted by Crippen LogP contribution is -2.33. The van der Waals surface area contributed by atoms with Gasteiger partial charge in [-0.05, 0) is 13.8 Å². The molecule has 16 heavy (non-hydrogen) atoms. The molecule has 0 bridgehead atoms. The molecule has 0 radical (unpaired) electrons. The van der Waals surface area contributed by atoms with Crippen LogP contribution < -0.4 is 0 Å². The molecule has 0 unspecified atom stereocenters. The first-order valence-corrected chi connectivity index (χ1v) is 4.87. The maximum absolute atomic E-state index is 11.1. The molecule has 0 aliphatic carbocycles. The summed E-state index contributed by atoms with van der Waals surface area (Å²) in [6.07, 6.45) is 1.29. The number of carbonyl (C=O) groups is 3. The van der Waals surface area contributed by atoms with E-state index in [0.29, 0.717) is 0 Å². The van der Waals surface area contributed by atoms with Gasteiger partial charge in [-0.2, -0.15) is 0 Å². The van der Waals surface area contributed by atoms with Crippen LogP contribution in [-0.2, 0) is 19.1 Å². The van der Waals surface area contributed by atoms with E-state index in [-0.39, 0.29) is 19.3 Å². The van der Waals surface area contributed by atoms with Crippen LogP contribution in [0.1, 0.15) is 13.8 Å². The summed E-state index contributed by atoms with van der Waals surface area (Å²) in [5.74, 6) is -0.795. The van der Waals surface area contributed by atoms with Gasteiger partial charge in [0.2, 0.25) is 0 Å². The lowest BCUT2D eigenvalue weighted by atomic mass is 10.5. The van der Waals surface area contributed by atoms with Crippen molar-refractivity contribution >= 4 is 18.0 Å². The van der Waals surface area contributed by atoms with Gasteiger partial charge in [0.05, 0.1) is 12.6 Å². The fraction of sp³-hybridized carbons (Fsp3) is 0.500. The Morgan fingerprint density at radius 2 is 1.88 bits per heavy atom. The van der Waals surface area contributed by atoms with Gasteiger partial charge < -0.3 is 9.47 Å². The van der Waals surface area contributed by atoms with Crippen LogP contribution in [0.25, 0.3) is 0 Å². The number of ether oxygens (including phenoxy) is 2. The number of hydrogen-bond donors (Lipinski definition) is 0. The van der Waals surface area contributed by atoms with Crippen LogP contribution in [0.15, 0.2) is 12.2 Å². The summed E-state index contributed by atoms with van der Waals surface area (Å²) >= 11 is 0. The van der Waals surface area contributed by atoms with E-state index in [2.05, 4.69) is 4.74 Å². The first kappa shape index (κ1) is 12.2. The van der Waals surface area contributed by atoms with Crippen molar-refractivity contribution in [3.8, 4) is 0 Å². The quantitative estimate of drug-likeness (QED) is 0.515. The predicted octanol–water partition coefficient (Wildman–Crippen LogP) is 0.473. The molecule has 0 N–H and O–H groups in total. The van der Waals surface area contributed by atoms with Gasteiger partial charge in [-0.1, -0.05) is 0 Å². The highest BCUT2D eigenvalue weighted by Crippen LogP contribution is 2.03. The van der Waals surface area contributed by atoms with E-state index in [1.54, 1.807) is 13.8 Å². The van der Waals surface area contributed by atoms with Gasteiger partial charge in [0.1, 0.15) is 6.61 Å². The number of nitrogens with zero attached hydrogens (tertiary/aromatic N) is 1. The maximum atomic E-state index is 11.1. The Labute approximate surface area is 92.8 Å². The molecule has 0 fully saturated rings. The molecule has 0 aromatic heterocycles. The molecule has 0 aromatic rings. The Morgan fingerprint density at radius 3 is 2.38 bits per heavy atom. The minimum absolute atomic E-state index is 0.0395. The third-order valence-corrected chi connectivity index (χ3v) is 1.77. The van der Waals surface area contributed by atoms with Crippen molar-refractivity contribution in [2.24, 2.45) is 0 Å². The number of hydrogen-bond acceptors (Lipinski definition) is 5. The average Bonchev–Trinajstić information content (AvgIpc) is 2.47. The molecule has 2 amide bonds. The van der Waals surface area contributed by atoms with Gasteiger partial charge in [0, 0.05) is 12.2 Å². The Kier molecular flexibility index (Phi) is 4.04. The second-order valence-corrected chi connectivity index (χ2v) is 3.43. The molecule has 1 aliphatic heterocycles. The first-order chi connectivity index (χ1) is 7.50. The molecule has 6 nitrogen and oxygen atoms in total. The van der Waals surface area contributed by atoms with E-state index >= 15 is 0 Å². The molecule has 6 heteroatoms. The standard InChI is InChI=1S/C10H13NO5/c1-7(2)16-10(14)15-6-5-11-8(12)3-4-9(11)13/h3-4,7H,5-6H2,1-2H3. The topological polar surface area (TPSA) is 72.9 Å². The van der Waals surface area contributed by atoms with Crippen molar-refractivity contribution < 1.29 is 23.9 Å². The van der Waals surface area contributed by atoms with E-state index in [1.807, 2.05) is 0 Å². The molecular formula is C10H13NO5. The van der Waals surface area contributed by atoms with Crippen molar-refractivity contribution in [2.75, 3.05) is 13.2 Å². The summed E-state index contributed by atoms with van der Waals surface area (Å²) < 4.78 is 9.38. The SMILES string of the molecule is CC(C)OC(=O)OCCN1C(=O)C=CC1=O. The van der Waals surface area contributed by atoms with E-state index in [9.17, 15) is 14.4 Å².